The first-order valence-electron chi connectivity index (χ1n) is 6.95. The van der Waals surface area contributed by atoms with Crippen LogP contribution < -0.4 is 10.1 Å². The molecule has 21 heavy (non-hydrogen) atoms. The fourth-order valence-corrected chi connectivity index (χ4v) is 1.98. The van der Waals surface area contributed by atoms with E-state index in [1.165, 1.54) is 0 Å². The molecule has 0 heterocycles. The molecular weight excluding hydrogens is 286 g/mol. The van der Waals surface area contributed by atoms with Crippen molar-refractivity contribution in [2.24, 2.45) is 0 Å². The van der Waals surface area contributed by atoms with Crippen LogP contribution in [0, 0.1) is 0 Å². The molecule has 0 aromatic heterocycles. The van der Waals surface area contributed by atoms with E-state index in [0.717, 1.165) is 12.0 Å². The summed E-state index contributed by atoms with van der Waals surface area (Å²) in [6, 6.07) is 14.7. The van der Waals surface area contributed by atoms with Crippen molar-refractivity contribution < 1.29 is 9.53 Å². The lowest BCUT2D eigenvalue weighted by atomic mass is 10.2. The number of nitrogens with one attached hydrogen (secondary N) is 1. The molecule has 4 heteroatoms. The normalized spacial score (nSPS) is 10.2. The first-order chi connectivity index (χ1) is 10.2. The first-order valence-corrected chi connectivity index (χ1v) is 7.33. The zero-order valence-electron chi connectivity index (χ0n) is 11.9. The summed E-state index contributed by atoms with van der Waals surface area (Å²) < 4.78 is 5.76. The Morgan fingerprint density at radius 1 is 1.14 bits per heavy atom. The zero-order valence-corrected chi connectivity index (χ0v) is 12.7. The van der Waals surface area contributed by atoms with Crippen molar-refractivity contribution in [2.45, 2.75) is 20.0 Å². The third kappa shape index (κ3) is 4.50. The molecule has 0 aliphatic heterocycles. The Balaban J connectivity index is 2.06. The maximum absolute atomic E-state index is 12.1. The van der Waals surface area contributed by atoms with Crippen LogP contribution in [-0.2, 0) is 6.61 Å². The Morgan fingerprint density at radius 2 is 1.86 bits per heavy atom. The van der Waals surface area contributed by atoms with Crippen LogP contribution in [0.15, 0.2) is 48.5 Å². The van der Waals surface area contributed by atoms with Crippen molar-refractivity contribution in [3.05, 3.63) is 64.7 Å². The quantitative estimate of drug-likeness (QED) is 0.874. The lowest BCUT2D eigenvalue weighted by molar-refractivity contribution is 0.0949. The van der Waals surface area contributed by atoms with Gasteiger partial charge in [0, 0.05) is 11.6 Å². The third-order valence-electron chi connectivity index (χ3n) is 2.97. The molecule has 1 amide bonds. The Kier molecular flexibility index (Phi) is 5.64. The Labute approximate surface area is 129 Å². The van der Waals surface area contributed by atoms with Gasteiger partial charge in [-0.05, 0) is 36.2 Å². The standard InChI is InChI=1S/C17H18ClNO2/c1-2-11-19-17(20)15-5-3-4-6-16(15)21-12-13-7-9-14(18)10-8-13/h3-10H,2,11-12H2,1H3,(H,19,20). The maximum Gasteiger partial charge on any atom is 0.255 e. The Morgan fingerprint density at radius 3 is 2.57 bits per heavy atom. The largest absolute Gasteiger partial charge is 0.488 e. The monoisotopic (exact) mass is 303 g/mol. The van der Waals surface area contributed by atoms with E-state index < -0.39 is 0 Å². The third-order valence-corrected chi connectivity index (χ3v) is 3.23. The smallest absolute Gasteiger partial charge is 0.255 e. The fraction of sp³-hybridized carbons (Fsp3) is 0.235. The topological polar surface area (TPSA) is 38.3 Å². The van der Waals surface area contributed by atoms with Crippen molar-refractivity contribution in [3.8, 4) is 5.75 Å². The number of carbonyl (C=O) groups is 1. The first kappa shape index (κ1) is 15.4. The van der Waals surface area contributed by atoms with Crippen molar-refractivity contribution in [1.82, 2.24) is 5.32 Å². The highest BCUT2D eigenvalue weighted by atomic mass is 35.5. The average molecular weight is 304 g/mol. The van der Waals surface area contributed by atoms with Gasteiger partial charge in [-0.25, -0.2) is 0 Å². The highest BCUT2D eigenvalue weighted by Gasteiger charge is 2.11. The van der Waals surface area contributed by atoms with Crippen LogP contribution in [0.25, 0.3) is 0 Å². The van der Waals surface area contributed by atoms with E-state index >= 15 is 0 Å². The molecule has 2 aromatic carbocycles. The summed E-state index contributed by atoms with van der Waals surface area (Å²) in [5, 5.41) is 3.55. The van der Waals surface area contributed by atoms with Gasteiger partial charge in [0.05, 0.1) is 5.56 Å². The minimum Gasteiger partial charge on any atom is -0.488 e. The van der Waals surface area contributed by atoms with Crippen molar-refractivity contribution >= 4 is 17.5 Å². The summed E-state index contributed by atoms with van der Waals surface area (Å²) in [6.07, 6.45) is 0.902. The van der Waals surface area contributed by atoms with Gasteiger partial charge in [-0.2, -0.15) is 0 Å². The predicted octanol–water partition coefficient (Wildman–Crippen LogP) is 4.06. The summed E-state index contributed by atoms with van der Waals surface area (Å²) in [7, 11) is 0. The van der Waals surface area contributed by atoms with E-state index in [1.54, 1.807) is 12.1 Å². The van der Waals surface area contributed by atoms with Crippen LogP contribution in [0.1, 0.15) is 29.3 Å². The molecule has 0 saturated carbocycles. The second-order valence-corrected chi connectivity index (χ2v) is 5.10. The molecule has 0 atom stereocenters. The average Bonchev–Trinajstić information content (AvgIpc) is 2.52. The second kappa shape index (κ2) is 7.70. The van der Waals surface area contributed by atoms with Crippen molar-refractivity contribution in [1.29, 1.82) is 0 Å². The van der Waals surface area contributed by atoms with E-state index in [1.807, 2.05) is 43.3 Å². The molecule has 3 nitrogen and oxygen atoms in total. The van der Waals surface area contributed by atoms with E-state index in [4.69, 9.17) is 16.3 Å². The minimum absolute atomic E-state index is 0.108. The van der Waals surface area contributed by atoms with Crippen LogP contribution in [0.4, 0.5) is 0 Å². The van der Waals surface area contributed by atoms with Gasteiger partial charge < -0.3 is 10.1 Å². The lowest BCUT2D eigenvalue weighted by Gasteiger charge is -2.11. The number of rotatable bonds is 6. The van der Waals surface area contributed by atoms with E-state index in [9.17, 15) is 4.79 Å². The van der Waals surface area contributed by atoms with Crippen LogP contribution >= 0.6 is 11.6 Å². The number of amides is 1. The van der Waals surface area contributed by atoms with Gasteiger partial charge in [-0.3, -0.25) is 4.79 Å². The highest BCUT2D eigenvalue weighted by molar-refractivity contribution is 6.30. The number of carbonyl (C=O) groups excluding carboxylic acids is 1. The summed E-state index contributed by atoms with van der Waals surface area (Å²) >= 11 is 5.85. The predicted molar refractivity (Wildman–Crippen MR) is 84.9 cm³/mol. The van der Waals surface area contributed by atoms with Gasteiger partial charge >= 0.3 is 0 Å². The molecule has 2 rings (SSSR count). The van der Waals surface area contributed by atoms with Crippen LogP contribution in [-0.4, -0.2) is 12.5 Å². The Bertz CT molecular complexity index is 596. The summed E-state index contributed by atoms with van der Waals surface area (Å²) in [5.41, 5.74) is 1.56. The molecule has 0 saturated heterocycles. The van der Waals surface area contributed by atoms with Gasteiger partial charge in [0.1, 0.15) is 12.4 Å². The van der Waals surface area contributed by atoms with Gasteiger partial charge in [-0.15, -0.1) is 0 Å². The molecule has 0 bridgehead atoms. The second-order valence-electron chi connectivity index (χ2n) is 4.67. The van der Waals surface area contributed by atoms with E-state index in [2.05, 4.69) is 5.32 Å². The SMILES string of the molecule is CCCNC(=O)c1ccccc1OCc1ccc(Cl)cc1. The molecule has 0 fully saturated rings. The number of hydrogen-bond donors (Lipinski definition) is 1. The number of para-hydroxylation sites is 1. The zero-order chi connectivity index (χ0) is 15.1. The van der Waals surface area contributed by atoms with Crippen molar-refractivity contribution in [3.63, 3.8) is 0 Å². The molecular formula is C17H18ClNO2. The molecule has 2 aromatic rings. The minimum atomic E-state index is -0.108. The molecule has 0 aliphatic rings. The fourth-order valence-electron chi connectivity index (χ4n) is 1.86. The van der Waals surface area contributed by atoms with E-state index in [-0.39, 0.29) is 5.91 Å². The van der Waals surface area contributed by atoms with Crippen LogP contribution in [0.2, 0.25) is 5.02 Å². The number of ether oxygens (including phenoxy) is 1. The summed E-state index contributed by atoms with van der Waals surface area (Å²) in [4.78, 5) is 12.1. The molecule has 0 radical (unpaired) electrons. The molecule has 0 aliphatic carbocycles. The molecule has 110 valence electrons. The number of halogens is 1. The molecule has 1 N–H and O–H groups in total. The summed E-state index contributed by atoms with van der Waals surface area (Å²) in [5.74, 6) is 0.476. The van der Waals surface area contributed by atoms with Crippen LogP contribution in [0.3, 0.4) is 0 Å². The molecule has 0 spiro atoms. The number of benzene rings is 2. The van der Waals surface area contributed by atoms with Gasteiger partial charge in [-0.1, -0.05) is 42.8 Å². The van der Waals surface area contributed by atoms with E-state index in [0.29, 0.717) is 29.5 Å². The van der Waals surface area contributed by atoms with Gasteiger partial charge in [0.25, 0.3) is 5.91 Å². The van der Waals surface area contributed by atoms with Crippen LogP contribution in [0.5, 0.6) is 5.75 Å². The number of hydrogen-bond acceptors (Lipinski definition) is 2. The van der Waals surface area contributed by atoms with Crippen molar-refractivity contribution in [2.75, 3.05) is 6.54 Å². The van der Waals surface area contributed by atoms with Gasteiger partial charge in [0.2, 0.25) is 0 Å². The molecule has 0 unspecified atom stereocenters. The summed E-state index contributed by atoms with van der Waals surface area (Å²) in [6.45, 7) is 3.07. The Hall–Kier alpha value is -2.00. The highest BCUT2D eigenvalue weighted by Crippen LogP contribution is 2.20. The maximum atomic E-state index is 12.1. The van der Waals surface area contributed by atoms with Gasteiger partial charge in [0.15, 0.2) is 0 Å². The lowest BCUT2D eigenvalue weighted by Crippen LogP contribution is -2.24.